The van der Waals surface area contributed by atoms with Gasteiger partial charge in [-0.05, 0) is 30.4 Å². The van der Waals surface area contributed by atoms with Gasteiger partial charge in [-0.15, -0.1) is 0 Å². The first-order valence-corrected chi connectivity index (χ1v) is 11.0. The van der Waals surface area contributed by atoms with Crippen molar-refractivity contribution < 1.29 is 9.18 Å². The van der Waals surface area contributed by atoms with E-state index in [1.54, 1.807) is 19.2 Å². The molecular weight excluding hydrogens is 395 g/mol. The van der Waals surface area contributed by atoms with Gasteiger partial charge in [0.15, 0.2) is 5.96 Å². The van der Waals surface area contributed by atoms with E-state index in [0.29, 0.717) is 42.0 Å². The van der Waals surface area contributed by atoms with Gasteiger partial charge in [0.25, 0.3) is 0 Å². The maximum Gasteiger partial charge on any atom is 0.236 e. The van der Waals surface area contributed by atoms with Crippen molar-refractivity contribution in [1.82, 2.24) is 20.0 Å². The highest BCUT2D eigenvalue weighted by Gasteiger charge is 2.28. The Morgan fingerprint density at radius 3 is 2.45 bits per heavy atom. The Kier molecular flexibility index (Phi) is 7.85. The van der Waals surface area contributed by atoms with Crippen LogP contribution in [0.3, 0.4) is 0 Å². The lowest BCUT2D eigenvalue weighted by Crippen LogP contribution is -2.55. The second kappa shape index (κ2) is 10.6. The van der Waals surface area contributed by atoms with Crippen LogP contribution >= 0.6 is 0 Å². The van der Waals surface area contributed by atoms with Gasteiger partial charge in [0.1, 0.15) is 5.82 Å². The van der Waals surface area contributed by atoms with Crippen molar-refractivity contribution in [3.05, 3.63) is 35.1 Å². The standard InChI is InChI=1S/C23H33FN6O/c1-17-10-18(2)15-30(14-17)22(31)16-28-6-8-29(9-7-28)23(26-3)27-13-20-5-4-19(12-25)11-21(20)24/h4-5,11,17-18H,6-10,13-16H2,1-3H3,(H,26,27). The molecule has 3 rings (SSSR count). The van der Waals surface area contributed by atoms with E-state index < -0.39 is 5.82 Å². The van der Waals surface area contributed by atoms with Gasteiger partial charge < -0.3 is 15.1 Å². The Labute approximate surface area is 184 Å². The van der Waals surface area contributed by atoms with E-state index in [1.807, 2.05) is 11.0 Å². The number of guanidine groups is 1. The van der Waals surface area contributed by atoms with Crippen molar-refractivity contribution in [2.45, 2.75) is 26.8 Å². The molecule has 2 atom stereocenters. The quantitative estimate of drug-likeness (QED) is 0.586. The van der Waals surface area contributed by atoms with Crippen LogP contribution < -0.4 is 5.32 Å². The maximum absolute atomic E-state index is 14.1. The summed E-state index contributed by atoms with van der Waals surface area (Å²) in [4.78, 5) is 23.4. The molecule has 2 fully saturated rings. The van der Waals surface area contributed by atoms with Gasteiger partial charge in [-0.3, -0.25) is 14.7 Å². The molecule has 1 N–H and O–H groups in total. The highest BCUT2D eigenvalue weighted by molar-refractivity contribution is 5.80. The van der Waals surface area contributed by atoms with Crippen molar-refractivity contribution in [2.75, 3.05) is 52.9 Å². The summed E-state index contributed by atoms with van der Waals surface area (Å²) in [6.45, 7) is 10.0. The van der Waals surface area contributed by atoms with Crippen LogP contribution in [-0.2, 0) is 11.3 Å². The minimum absolute atomic E-state index is 0.227. The number of aliphatic imine (C=N–C) groups is 1. The first-order valence-electron chi connectivity index (χ1n) is 11.0. The highest BCUT2D eigenvalue weighted by Crippen LogP contribution is 2.21. The molecule has 168 valence electrons. The predicted molar refractivity (Wildman–Crippen MR) is 119 cm³/mol. The van der Waals surface area contributed by atoms with Crippen LogP contribution in [0.25, 0.3) is 0 Å². The van der Waals surface area contributed by atoms with E-state index in [2.05, 4.69) is 34.0 Å². The molecule has 31 heavy (non-hydrogen) atoms. The zero-order chi connectivity index (χ0) is 22.4. The normalized spacial score (nSPS) is 22.9. The van der Waals surface area contributed by atoms with Gasteiger partial charge in [-0.2, -0.15) is 5.26 Å². The van der Waals surface area contributed by atoms with Crippen LogP contribution in [-0.4, -0.2) is 79.4 Å². The van der Waals surface area contributed by atoms with Crippen molar-refractivity contribution >= 4 is 11.9 Å². The lowest BCUT2D eigenvalue weighted by atomic mass is 9.92. The van der Waals surface area contributed by atoms with Gasteiger partial charge in [-0.1, -0.05) is 19.9 Å². The molecule has 0 bridgehead atoms. The predicted octanol–water partition coefficient (Wildman–Crippen LogP) is 1.89. The second-order valence-electron chi connectivity index (χ2n) is 8.83. The third kappa shape index (κ3) is 6.17. The number of carbonyl (C=O) groups is 1. The van der Waals surface area contributed by atoms with Crippen molar-refractivity contribution in [2.24, 2.45) is 16.8 Å². The molecule has 1 aromatic rings. The minimum atomic E-state index is -0.397. The number of amides is 1. The third-order valence-corrected chi connectivity index (χ3v) is 6.08. The Morgan fingerprint density at radius 2 is 1.87 bits per heavy atom. The number of piperidine rings is 1. The lowest BCUT2D eigenvalue weighted by Gasteiger charge is -2.39. The topological polar surface area (TPSA) is 75.0 Å². The first-order chi connectivity index (χ1) is 14.9. The molecule has 2 saturated heterocycles. The molecule has 0 aromatic heterocycles. The fraction of sp³-hybridized carbons (Fsp3) is 0.609. The molecule has 0 aliphatic carbocycles. The van der Waals surface area contributed by atoms with E-state index in [4.69, 9.17) is 5.26 Å². The summed E-state index contributed by atoms with van der Waals surface area (Å²) < 4.78 is 14.1. The number of halogens is 1. The number of benzene rings is 1. The number of carbonyl (C=O) groups excluding carboxylic acids is 1. The number of nitrogens with one attached hydrogen (secondary N) is 1. The average Bonchev–Trinajstić information content (AvgIpc) is 2.75. The Morgan fingerprint density at radius 1 is 1.19 bits per heavy atom. The largest absolute Gasteiger partial charge is 0.352 e. The molecule has 0 radical (unpaired) electrons. The van der Waals surface area contributed by atoms with Crippen molar-refractivity contribution in [3.63, 3.8) is 0 Å². The third-order valence-electron chi connectivity index (χ3n) is 6.08. The number of hydrogen-bond donors (Lipinski definition) is 1. The monoisotopic (exact) mass is 428 g/mol. The van der Waals surface area contributed by atoms with Crippen molar-refractivity contribution in [1.29, 1.82) is 5.26 Å². The average molecular weight is 429 g/mol. The summed E-state index contributed by atoms with van der Waals surface area (Å²) in [6.07, 6.45) is 1.20. The van der Waals surface area contributed by atoms with Crippen LogP contribution in [0.5, 0.6) is 0 Å². The molecule has 2 aliphatic rings. The van der Waals surface area contributed by atoms with Crippen molar-refractivity contribution in [3.8, 4) is 6.07 Å². The number of rotatable bonds is 4. The van der Waals surface area contributed by atoms with Gasteiger partial charge in [0.05, 0.1) is 18.2 Å². The zero-order valence-corrected chi connectivity index (χ0v) is 18.8. The Balaban J connectivity index is 1.47. The smallest absolute Gasteiger partial charge is 0.236 e. The summed E-state index contributed by atoms with van der Waals surface area (Å²) in [5, 5.41) is 12.1. The van der Waals surface area contributed by atoms with Gasteiger partial charge >= 0.3 is 0 Å². The fourth-order valence-corrected chi connectivity index (χ4v) is 4.54. The summed E-state index contributed by atoms with van der Waals surface area (Å²) in [5.41, 5.74) is 0.805. The Hall–Kier alpha value is -2.66. The van der Waals surface area contributed by atoms with Crippen LogP contribution in [0, 0.1) is 29.0 Å². The Bertz CT molecular complexity index is 833. The summed E-state index contributed by atoms with van der Waals surface area (Å²) in [5.74, 6) is 1.69. The van der Waals surface area contributed by atoms with Gasteiger partial charge in [0.2, 0.25) is 5.91 Å². The van der Waals surface area contributed by atoms with E-state index >= 15 is 0 Å². The molecule has 0 saturated carbocycles. The maximum atomic E-state index is 14.1. The first kappa shape index (κ1) is 23.0. The molecule has 8 heteroatoms. The molecule has 2 unspecified atom stereocenters. The lowest BCUT2D eigenvalue weighted by molar-refractivity contribution is -0.135. The number of piperazine rings is 1. The molecule has 2 heterocycles. The van der Waals surface area contributed by atoms with Gasteiger partial charge in [0, 0.05) is 58.4 Å². The second-order valence-corrected chi connectivity index (χ2v) is 8.83. The van der Waals surface area contributed by atoms with Crippen LogP contribution in [0.2, 0.25) is 0 Å². The molecule has 7 nitrogen and oxygen atoms in total. The molecule has 1 aromatic carbocycles. The molecule has 0 spiro atoms. The SMILES string of the molecule is CN=C(NCc1ccc(C#N)cc1F)N1CCN(CC(=O)N2CC(C)CC(C)C2)CC1. The van der Waals surface area contributed by atoms with E-state index in [-0.39, 0.29) is 5.91 Å². The van der Waals surface area contributed by atoms with Gasteiger partial charge in [-0.25, -0.2) is 4.39 Å². The van der Waals surface area contributed by atoms with Crippen LogP contribution in [0.4, 0.5) is 4.39 Å². The number of likely N-dealkylation sites (tertiary alicyclic amines) is 1. The number of nitriles is 1. The molecule has 1 amide bonds. The number of hydrogen-bond acceptors (Lipinski definition) is 4. The summed E-state index contributed by atoms with van der Waals surface area (Å²) in [6, 6.07) is 6.43. The molecular formula is C23H33FN6O. The zero-order valence-electron chi connectivity index (χ0n) is 18.8. The van der Waals surface area contributed by atoms with Crippen LogP contribution in [0.15, 0.2) is 23.2 Å². The summed E-state index contributed by atoms with van der Waals surface area (Å²) >= 11 is 0. The van der Waals surface area contributed by atoms with E-state index in [0.717, 1.165) is 39.3 Å². The minimum Gasteiger partial charge on any atom is -0.352 e. The fourth-order valence-electron chi connectivity index (χ4n) is 4.54. The molecule has 2 aliphatic heterocycles. The van der Waals surface area contributed by atoms with Crippen LogP contribution in [0.1, 0.15) is 31.4 Å². The van der Waals surface area contributed by atoms with E-state index in [9.17, 15) is 9.18 Å². The number of nitrogens with zero attached hydrogens (tertiary/aromatic N) is 5. The van der Waals surface area contributed by atoms with E-state index in [1.165, 1.54) is 12.5 Å². The summed E-state index contributed by atoms with van der Waals surface area (Å²) in [7, 11) is 1.71. The highest BCUT2D eigenvalue weighted by atomic mass is 19.1.